The molecule has 1 saturated heterocycles. The van der Waals surface area contributed by atoms with Crippen LogP contribution in [0.3, 0.4) is 0 Å². The minimum absolute atomic E-state index is 0.178. The number of nitrogens with zero attached hydrogens (tertiary/aromatic N) is 3. The zero-order valence-corrected chi connectivity index (χ0v) is 16.9. The molecule has 2 aliphatic rings. The fourth-order valence-corrected chi connectivity index (χ4v) is 3.85. The van der Waals surface area contributed by atoms with Crippen molar-refractivity contribution in [1.82, 2.24) is 14.9 Å². The van der Waals surface area contributed by atoms with Gasteiger partial charge in [-0.2, -0.15) is 0 Å². The Balaban J connectivity index is 1.45. The van der Waals surface area contributed by atoms with Crippen LogP contribution in [0.15, 0.2) is 36.5 Å². The molecule has 0 unspecified atom stereocenters. The third-order valence-electron chi connectivity index (χ3n) is 5.64. The zero-order valence-electron chi connectivity index (χ0n) is 16.9. The van der Waals surface area contributed by atoms with E-state index in [0.29, 0.717) is 25.0 Å². The lowest BCUT2D eigenvalue weighted by Crippen LogP contribution is -2.39. The first-order valence-electron chi connectivity index (χ1n) is 10.1. The second-order valence-electron chi connectivity index (χ2n) is 8.00. The Morgan fingerprint density at radius 3 is 2.79 bits per heavy atom. The van der Waals surface area contributed by atoms with Crippen molar-refractivity contribution in [3.63, 3.8) is 0 Å². The number of carbonyl (C=O) groups excluding carboxylic acids is 1. The summed E-state index contributed by atoms with van der Waals surface area (Å²) in [5.74, 6) is 6.25. The van der Waals surface area contributed by atoms with Gasteiger partial charge in [-0.15, -0.1) is 0 Å². The van der Waals surface area contributed by atoms with Crippen molar-refractivity contribution in [2.24, 2.45) is 0 Å². The van der Waals surface area contributed by atoms with Crippen LogP contribution in [0, 0.1) is 11.8 Å². The summed E-state index contributed by atoms with van der Waals surface area (Å²) in [6.45, 7) is 6.01. The predicted octanol–water partition coefficient (Wildman–Crippen LogP) is 2.89. The lowest BCUT2D eigenvalue weighted by molar-refractivity contribution is -0.130. The van der Waals surface area contributed by atoms with Crippen molar-refractivity contribution in [3.05, 3.63) is 53.3 Å². The van der Waals surface area contributed by atoms with Crippen LogP contribution in [0.25, 0.3) is 0 Å². The number of anilines is 1. The van der Waals surface area contributed by atoms with Crippen molar-refractivity contribution in [2.75, 3.05) is 18.5 Å². The topological polar surface area (TPSA) is 67.4 Å². The third-order valence-corrected chi connectivity index (χ3v) is 5.64. The minimum Gasteiger partial charge on any atom is -0.381 e. The molecule has 0 bridgehead atoms. The van der Waals surface area contributed by atoms with Crippen LogP contribution in [-0.4, -0.2) is 40.0 Å². The zero-order chi connectivity index (χ0) is 20.3. The molecule has 1 amide bonds. The van der Waals surface area contributed by atoms with Gasteiger partial charge in [0.2, 0.25) is 5.95 Å². The van der Waals surface area contributed by atoms with E-state index in [0.717, 1.165) is 42.9 Å². The van der Waals surface area contributed by atoms with Crippen LogP contribution in [0.5, 0.6) is 0 Å². The Morgan fingerprint density at radius 1 is 1.28 bits per heavy atom. The van der Waals surface area contributed by atoms with Gasteiger partial charge >= 0.3 is 0 Å². The van der Waals surface area contributed by atoms with Crippen LogP contribution in [0.4, 0.5) is 5.95 Å². The maximum absolute atomic E-state index is 12.8. The molecule has 6 nitrogen and oxygen atoms in total. The molecule has 150 valence electrons. The first kappa shape index (κ1) is 19.4. The van der Waals surface area contributed by atoms with Crippen molar-refractivity contribution in [2.45, 2.75) is 51.2 Å². The van der Waals surface area contributed by atoms with Crippen molar-refractivity contribution in [3.8, 4) is 11.8 Å². The van der Waals surface area contributed by atoms with E-state index < -0.39 is 5.54 Å². The van der Waals surface area contributed by atoms with E-state index in [1.165, 1.54) is 0 Å². The Labute approximate surface area is 171 Å². The van der Waals surface area contributed by atoms with E-state index >= 15 is 0 Å². The van der Waals surface area contributed by atoms with Crippen molar-refractivity contribution in [1.29, 1.82) is 0 Å². The van der Waals surface area contributed by atoms with E-state index in [9.17, 15) is 4.79 Å². The van der Waals surface area contributed by atoms with Gasteiger partial charge in [0.25, 0.3) is 5.91 Å². The number of ether oxygens (including phenoxy) is 1. The quantitative estimate of drug-likeness (QED) is 0.817. The normalized spacial score (nSPS) is 17.9. The van der Waals surface area contributed by atoms with Crippen LogP contribution in [-0.2, 0) is 28.0 Å². The fourth-order valence-electron chi connectivity index (χ4n) is 3.85. The maximum atomic E-state index is 12.8. The molecule has 0 aliphatic carbocycles. The van der Waals surface area contributed by atoms with Crippen LogP contribution < -0.4 is 5.32 Å². The van der Waals surface area contributed by atoms with Gasteiger partial charge in [0, 0.05) is 37.4 Å². The largest absolute Gasteiger partial charge is 0.381 e. The summed E-state index contributed by atoms with van der Waals surface area (Å²) in [7, 11) is 0. The minimum atomic E-state index is -0.481. The molecule has 4 rings (SSSR count). The monoisotopic (exact) mass is 390 g/mol. The smallest absolute Gasteiger partial charge is 0.299 e. The molecule has 1 fully saturated rings. The summed E-state index contributed by atoms with van der Waals surface area (Å²) in [4.78, 5) is 23.8. The highest BCUT2D eigenvalue weighted by molar-refractivity contribution is 5.94. The Bertz CT molecular complexity index is 940. The van der Waals surface area contributed by atoms with Gasteiger partial charge < -0.3 is 15.0 Å². The van der Waals surface area contributed by atoms with Crippen molar-refractivity contribution < 1.29 is 9.53 Å². The van der Waals surface area contributed by atoms with Gasteiger partial charge in [-0.05, 0) is 38.2 Å². The number of hydrogen-bond donors (Lipinski definition) is 1. The van der Waals surface area contributed by atoms with Gasteiger partial charge in [0.15, 0.2) is 0 Å². The van der Waals surface area contributed by atoms with Gasteiger partial charge in [0.05, 0.1) is 17.8 Å². The summed E-state index contributed by atoms with van der Waals surface area (Å²) in [5.41, 5.74) is 2.49. The molecule has 2 aromatic rings. The molecule has 0 atom stereocenters. The first-order chi connectivity index (χ1) is 14.0. The number of aromatic nitrogens is 2. The Morgan fingerprint density at radius 2 is 2.03 bits per heavy atom. The molecule has 0 spiro atoms. The summed E-state index contributed by atoms with van der Waals surface area (Å²) in [6, 6.07) is 10.3. The molecule has 1 aromatic carbocycles. The van der Waals surface area contributed by atoms with Crippen LogP contribution >= 0.6 is 0 Å². The molecule has 6 heteroatoms. The number of amides is 1. The summed E-state index contributed by atoms with van der Waals surface area (Å²) in [6.07, 6.45) is 4.31. The highest BCUT2D eigenvalue weighted by Crippen LogP contribution is 2.37. The van der Waals surface area contributed by atoms with Gasteiger partial charge in [-0.1, -0.05) is 36.3 Å². The number of benzene rings is 1. The van der Waals surface area contributed by atoms with E-state index in [4.69, 9.17) is 9.72 Å². The molecular weight excluding hydrogens is 364 g/mol. The summed E-state index contributed by atoms with van der Waals surface area (Å²) in [5, 5.41) is 3.40. The number of fused-ring (bicyclic) bond motifs is 1. The second kappa shape index (κ2) is 8.22. The van der Waals surface area contributed by atoms with E-state index in [2.05, 4.69) is 22.1 Å². The fraction of sp³-hybridized carbons (Fsp3) is 0.435. The molecule has 1 N–H and O–H groups in total. The van der Waals surface area contributed by atoms with E-state index in [-0.39, 0.29) is 5.91 Å². The molecular formula is C23H26N4O2. The number of carbonyl (C=O) groups is 1. The van der Waals surface area contributed by atoms with Gasteiger partial charge in [0.1, 0.15) is 0 Å². The Kier molecular flexibility index (Phi) is 5.50. The molecule has 3 heterocycles. The summed E-state index contributed by atoms with van der Waals surface area (Å²) < 4.78 is 5.40. The van der Waals surface area contributed by atoms with E-state index in [1.54, 1.807) is 4.90 Å². The molecule has 0 radical (unpaired) electrons. The lowest BCUT2D eigenvalue weighted by atomic mass is 9.97. The number of hydrogen-bond acceptors (Lipinski definition) is 5. The lowest BCUT2D eigenvalue weighted by Gasteiger charge is -2.30. The first-order valence-corrected chi connectivity index (χ1v) is 10.1. The van der Waals surface area contributed by atoms with Gasteiger partial charge in [-0.3, -0.25) is 4.79 Å². The average molecular weight is 390 g/mol. The molecule has 0 saturated carbocycles. The van der Waals surface area contributed by atoms with Gasteiger partial charge in [-0.25, -0.2) is 9.97 Å². The van der Waals surface area contributed by atoms with Crippen molar-refractivity contribution >= 4 is 11.9 Å². The standard InChI is InChI=1S/C23H26N4O2/c1-23(2)19-15-24-22(25-18-11-13-29-14-12-18)26-20(19)16-27(23)21(28)10-6-9-17-7-4-3-5-8-17/h3-5,7-8,15,18H,9,11-14,16H2,1-2H3,(H,24,25,26). The van der Waals surface area contributed by atoms with E-state index in [1.807, 2.05) is 50.4 Å². The predicted molar refractivity (Wildman–Crippen MR) is 111 cm³/mol. The number of rotatable bonds is 3. The van der Waals surface area contributed by atoms with Crippen LogP contribution in [0.2, 0.25) is 0 Å². The second-order valence-corrected chi connectivity index (χ2v) is 8.00. The highest BCUT2D eigenvalue weighted by Gasteiger charge is 2.41. The molecule has 1 aromatic heterocycles. The SMILES string of the molecule is CC1(C)c2cnc(NC3CCOCC3)nc2CN1C(=O)C#CCc1ccccc1. The molecule has 2 aliphatic heterocycles. The molecule has 29 heavy (non-hydrogen) atoms. The highest BCUT2D eigenvalue weighted by atomic mass is 16.5. The maximum Gasteiger partial charge on any atom is 0.299 e. The van der Waals surface area contributed by atoms with Crippen LogP contribution in [0.1, 0.15) is 43.5 Å². The summed E-state index contributed by atoms with van der Waals surface area (Å²) >= 11 is 0. The Hall–Kier alpha value is -2.91. The number of nitrogens with one attached hydrogen (secondary N) is 1. The average Bonchev–Trinajstić information content (AvgIpc) is 3.00. The third kappa shape index (κ3) is 4.25.